The van der Waals surface area contributed by atoms with Gasteiger partial charge in [-0.2, -0.15) is 4.98 Å². The van der Waals surface area contributed by atoms with Crippen molar-refractivity contribution in [3.63, 3.8) is 0 Å². The maximum absolute atomic E-state index is 5.53. The molecule has 0 radical (unpaired) electrons. The second-order valence-corrected chi connectivity index (χ2v) is 8.97. The van der Waals surface area contributed by atoms with E-state index in [9.17, 15) is 0 Å². The molecule has 0 aliphatic carbocycles. The molecule has 0 bridgehead atoms. The summed E-state index contributed by atoms with van der Waals surface area (Å²) in [5, 5.41) is 14.0. The van der Waals surface area contributed by atoms with Crippen LogP contribution in [0.15, 0.2) is 88.5 Å². The average molecular weight is 468 g/mol. The number of nitrogens with zero attached hydrogens (tertiary/aromatic N) is 5. The minimum absolute atomic E-state index is 0.509. The van der Waals surface area contributed by atoms with Crippen LogP contribution in [0.5, 0.6) is 0 Å². The van der Waals surface area contributed by atoms with E-state index < -0.39 is 0 Å². The van der Waals surface area contributed by atoms with Crippen LogP contribution in [0.1, 0.15) is 35.3 Å². The monoisotopic (exact) mass is 467 g/mol. The molecule has 170 valence electrons. The number of thioether (sulfide) groups is 1. The molecule has 2 aromatic heterocycles. The van der Waals surface area contributed by atoms with Crippen LogP contribution in [-0.2, 0) is 18.6 Å². The highest BCUT2D eigenvalue weighted by atomic mass is 32.2. The van der Waals surface area contributed by atoms with Gasteiger partial charge in [-0.1, -0.05) is 90.6 Å². The lowest BCUT2D eigenvalue weighted by Gasteiger charge is -2.11. The van der Waals surface area contributed by atoms with E-state index in [4.69, 9.17) is 4.52 Å². The molecule has 0 saturated heterocycles. The maximum atomic E-state index is 5.53. The zero-order chi connectivity index (χ0) is 23.3. The molecular formula is C27H25N5OS. The molecule has 5 aromatic rings. The third kappa shape index (κ3) is 4.79. The highest BCUT2D eigenvalue weighted by Gasteiger charge is 2.17. The van der Waals surface area contributed by atoms with Crippen LogP contribution >= 0.6 is 11.8 Å². The lowest BCUT2D eigenvalue weighted by Crippen LogP contribution is -2.04. The Labute approximate surface area is 203 Å². The van der Waals surface area contributed by atoms with Crippen molar-refractivity contribution in [2.24, 2.45) is 0 Å². The van der Waals surface area contributed by atoms with Crippen molar-refractivity contribution in [1.82, 2.24) is 24.9 Å². The first-order valence-electron chi connectivity index (χ1n) is 11.3. The predicted molar refractivity (Wildman–Crippen MR) is 134 cm³/mol. The molecule has 34 heavy (non-hydrogen) atoms. The van der Waals surface area contributed by atoms with E-state index >= 15 is 0 Å². The third-order valence-electron chi connectivity index (χ3n) is 5.69. The summed E-state index contributed by atoms with van der Waals surface area (Å²) in [5.74, 6) is 2.57. The van der Waals surface area contributed by atoms with Gasteiger partial charge >= 0.3 is 0 Å². The van der Waals surface area contributed by atoms with Gasteiger partial charge in [-0.25, -0.2) is 0 Å². The molecule has 0 saturated carbocycles. The molecule has 0 N–H and O–H groups in total. The fourth-order valence-electron chi connectivity index (χ4n) is 3.80. The van der Waals surface area contributed by atoms with Crippen LogP contribution in [-0.4, -0.2) is 24.9 Å². The van der Waals surface area contributed by atoms with Crippen LogP contribution < -0.4 is 0 Å². The van der Waals surface area contributed by atoms with Crippen LogP contribution in [0.2, 0.25) is 0 Å². The van der Waals surface area contributed by atoms with Crippen LogP contribution in [0.3, 0.4) is 0 Å². The highest BCUT2D eigenvalue weighted by molar-refractivity contribution is 7.98. The maximum Gasteiger partial charge on any atom is 0.237 e. The van der Waals surface area contributed by atoms with Gasteiger partial charge < -0.3 is 4.52 Å². The first-order valence-corrected chi connectivity index (χ1v) is 12.3. The van der Waals surface area contributed by atoms with Crippen molar-refractivity contribution in [2.45, 2.75) is 37.6 Å². The molecule has 7 heteroatoms. The molecule has 0 aliphatic rings. The van der Waals surface area contributed by atoms with Crippen molar-refractivity contribution >= 4 is 11.8 Å². The first kappa shape index (κ1) is 22.1. The van der Waals surface area contributed by atoms with Gasteiger partial charge in [0.25, 0.3) is 0 Å². The van der Waals surface area contributed by atoms with E-state index in [0.717, 1.165) is 34.2 Å². The molecule has 6 nitrogen and oxygen atoms in total. The van der Waals surface area contributed by atoms with Gasteiger partial charge in [-0.05, 0) is 42.2 Å². The van der Waals surface area contributed by atoms with Gasteiger partial charge in [0.2, 0.25) is 11.7 Å². The molecule has 0 aliphatic heterocycles. The molecule has 0 spiro atoms. The summed E-state index contributed by atoms with van der Waals surface area (Å²) < 4.78 is 7.66. The smallest absolute Gasteiger partial charge is 0.237 e. The van der Waals surface area contributed by atoms with Crippen molar-refractivity contribution in [2.75, 3.05) is 0 Å². The predicted octanol–water partition coefficient (Wildman–Crippen LogP) is 6.07. The highest BCUT2D eigenvalue weighted by Crippen LogP contribution is 2.27. The molecular weight excluding hydrogens is 442 g/mol. The summed E-state index contributed by atoms with van der Waals surface area (Å²) in [4.78, 5) is 4.60. The lowest BCUT2D eigenvalue weighted by atomic mass is 10.1. The Morgan fingerprint density at radius 3 is 2.38 bits per heavy atom. The molecule has 0 amide bonds. The summed E-state index contributed by atoms with van der Waals surface area (Å²) in [5.41, 5.74) is 5.62. The molecule has 0 atom stereocenters. The van der Waals surface area contributed by atoms with Crippen LogP contribution in [0, 0.1) is 6.92 Å². The number of aryl methyl sites for hydroxylation is 2. The molecule has 2 heterocycles. The van der Waals surface area contributed by atoms with E-state index in [-0.39, 0.29) is 0 Å². The van der Waals surface area contributed by atoms with Gasteiger partial charge in [-0.15, -0.1) is 10.2 Å². The van der Waals surface area contributed by atoms with Crippen molar-refractivity contribution in [3.8, 4) is 17.1 Å². The van der Waals surface area contributed by atoms with Crippen LogP contribution in [0.4, 0.5) is 0 Å². The fraction of sp³-hybridized carbons (Fsp3) is 0.185. The van der Waals surface area contributed by atoms with Gasteiger partial charge in [0.15, 0.2) is 5.16 Å². The normalized spacial score (nSPS) is 11.1. The van der Waals surface area contributed by atoms with E-state index in [0.29, 0.717) is 23.9 Å². The number of aromatic nitrogens is 5. The van der Waals surface area contributed by atoms with Gasteiger partial charge in [0.05, 0.1) is 5.75 Å². The zero-order valence-electron chi connectivity index (χ0n) is 19.2. The Hall–Kier alpha value is -3.71. The molecule has 0 unspecified atom stereocenters. The van der Waals surface area contributed by atoms with Crippen LogP contribution in [0.25, 0.3) is 17.1 Å². The largest absolute Gasteiger partial charge is 0.338 e. The second kappa shape index (κ2) is 10.1. The zero-order valence-corrected chi connectivity index (χ0v) is 20.0. The third-order valence-corrected chi connectivity index (χ3v) is 6.60. The molecule has 3 aromatic carbocycles. The van der Waals surface area contributed by atoms with E-state index in [1.807, 2.05) is 49.4 Å². The van der Waals surface area contributed by atoms with Gasteiger partial charge in [0.1, 0.15) is 5.82 Å². The Kier molecular flexibility index (Phi) is 6.53. The average Bonchev–Trinajstić information content (AvgIpc) is 3.51. The van der Waals surface area contributed by atoms with Crippen molar-refractivity contribution in [1.29, 1.82) is 0 Å². The summed E-state index contributed by atoms with van der Waals surface area (Å²) >= 11 is 1.54. The Balaban J connectivity index is 1.41. The quantitative estimate of drug-likeness (QED) is 0.258. The Bertz CT molecular complexity index is 1380. The lowest BCUT2D eigenvalue weighted by molar-refractivity contribution is 0.391. The summed E-state index contributed by atoms with van der Waals surface area (Å²) in [6.07, 6.45) is 1.70. The van der Waals surface area contributed by atoms with Gasteiger partial charge in [-0.3, -0.25) is 4.57 Å². The second-order valence-electron chi connectivity index (χ2n) is 8.03. The fourth-order valence-corrected chi connectivity index (χ4v) is 4.61. The van der Waals surface area contributed by atoms with E-state index in [2.05, 4.69) is 68.2 Å². The van der Waals surface area contributed by atoms with Gasteiger partial charge in [0, 0.05) is 17.7 Å². The van der Waals surface area contributed by atoms with Crippen molar-refractivity contribution < 1.29 is 4.52 Å². The summed E-state index contributed by atoms with van der Waals surface area (Å²) in [6.45, 7) is 4.20. The van der Waals surface area contributed by atoms with E-state index in [1.165, 1.54) is 11.1 Å². The molecule has 0 fully saturated rings. The standard InChI is InChI=1S/C27H25N5OS/c1-3-20-13-15-22(16-14-20)32-24(17-21-10-5-4-6-11-21)29-30-27(32)34-18-25-28-26(31-33-25)23-12-8-7-9-19(23)2/h4-16H,3,17-18H2,1-2H3. The Morgan fingerprint density at radius 1 is 0.853 bits per heavy atom. The Morgan fingerprint density at radius 2 is 1.62 bits per heavy atom. The van der Waals surface area contributed by atoms with Crippen molar-refractivity contribution in [3.05, 3.63) is 107 Å². The first-order chi connectivity index (χ1) is 16.7. The summed E-state index contributed by atoms with van der Waals surface area (Å²) in [6, 6.07) is 26.9. The number of hydrogen-bond donors (Lipinski definition) is 0. The number of benzene rings is 3. The minimum Gasteiger partial charge on any atom is -0.338 e. The number of hydrogen-bond acceptors (Lipinski definition) is 6. The number of rotatable bonds is 8. The molecule has 5 rings (SSSR count). The SMILES string of the molecule is CCc1ccc(-n2c(Cc3ccccc3)nnc2SCc2nc(-c3ccccc3C)no2)cc1. The summed E-state index contributed by atoms with van der Waals surface area (Å²) in [7, 11) is 0. The van der Waals surface area contributed by atoms with E-state index in [1.54, 1.807) is 11.8 Å². The topological polar surface area (TPSA) is 69.6 Å². The minimum atomic E-state index is 0.509.